The van der Waals surface area contributed by atoms with E-state index in [0.717, 1.165) is 11.3 Å². The van der Waals surface area contributed by atoms with Gasteiger partial charge in [-0.3, -0.25) is 14.5 Å². The zero-order chi connectivity index (χ0) is 17.8. The standard InChI is InChI=1S/C19H19ClN2O3/c1-25-17-5-3-2-4-13(17)12-21-19(24)16-10-11-18(23)22(16)15-8-6-14(20)7-9-15/h2-9,16H,10-12H2,1H3,(H,21,24). The molecule has 1 fully saturated rings. The third kappa shape index (κ3) is 3.77. The van der Waals surface area contributed by atoms with Crippen molar-refractivity contribution in [3.05, 3.63) is 59.1 Å². The maximum absolute atomic E-state index is 12.6. The van der Waals surface area contributed by atoms with Gasteiger partial charge >= 0.3 is 0 Å². The van der Waals surface area contributed by atoms with Crippen LogP contribution in [0.5, 0.6) is 5.75 Å². The van der Waals surface area contributed by atoms with Crippen molar-refractivity contribution in [1.82, 2.24) is 5.32 Å². The van der Waals surface area contributed by atoms with Gasteiger partial charge in [0.1, 0.15) is 11.8 Å². The van der Waals surface area contributed by atoms with Gasteiger partial charge in [0.15, 0.2) is 0 Å². The second-order valence-corrected chi connectivity index (χ2v) is 6.26. The number of rotatable bonds is 5. The molecule has 2 aromatic rings. The van der Waals surface area contributed by atoms with Crippen molar-refractivity contribution in [3.8, 4) is 5.75 Å². The highest BCUT2D eigenvalue weighted by molar-refractivity contribution is 6.30. The Labute approximate surface area is 151 Å². The van der Waals surface area contributed by atoms with Crippen LogP contribution in [-0.2, 0) is 16.1 Å². The molecule has 1 N–H and O–H groups in total. The van der Waals surface area contributed by atoms with Crippen LogP contribution in [0, 0.1) is 0 Å². The molecular formula is C19H19ClN2O3. The summed E-state index contributed by atoms with van der Waals surface area (Å²) in [6.07, 6.45) is 0.856. The quantitative estimate of drug-likeness (QED) is 0.893. The van der Waals surface area contributed by atoms with E-state index in [0.29, 0.717) is 30.1 Å². The molecule has 5 nitrogen and oxygen atoms in total. The molecule has 0 bridgehead atoms. The summed E-state index contributed by atoms with van der Waals surface area (Å²) in [7, 11) is 1.60. The van der Waals surface area contributed by atoms with Crippen molar-refractivity contribution in [1.29, 1.82) is 0 Å². The molecule has 2 amide bonds. The minimum Gasteiger partial charge on any atom is -0.496 e. The molecule has 1 heterocycles. The van der Waals surface area contributed by atoms with Crippen molar-refractivity contribution in [3.63, 3.8) is 0 Å². The Bertz CT molecular complexity index is 776. The highest BCUT2D eigenvalue weighted by Gasteiger charge is 2.36. The fraction of sp³-hybridized carbons (Fsp3) is 0.263. The lowest BCUT2D eigenvalue weighted by Crippen LogP contribution is -2.44. The van der Waals surface area contributed by atoms with Gasteiger partial charge in [-0.05, 0) is 36.8 Å². The van der Waals surface area contributed by atoms with Gasteiger partial charge in [-0.1, -0.05) is 29.8 Å². The van der Waals surface area contributed by atoms with E-state index in [-0.39, 0.29) is 11.8 Å². The van der Waals surface area contributed by atoms with Gasteiger partial charge in [-0.25, -0.2) is 0 Å². The Morgan fingerprint density at radius 3 is 2.68 bits per heavy atom. The Morgan fingerprint density at radius 2 is 1.96 bits per heavy atom. The molecule has 1 unspecified atom stereocenters. The molecule has 2 aromatic carbocycles. The average molecular weight is 359 g/mol. The summed E-state index contributed by atoms with van der Waals surface area (Å²) in [5.74, 6) is 0.492. The summed E-state index contributed by atoms with van der Waals surface area (Å²) >= 11 is 5.91. The second-order valence-electron chi connectivity index (χ2n) is 5.82. The number of halogens is 1. The molecule has 1 atom stereocenters. The molecule has 1 aliphatic heterocycles. The number of anilines is 1. The first kappa shape index (κ1) is 17.3. The van der Waals surface area contributed by atoms with Crippen molar-refractivity contribution >= 4 is 29.1 Å². The van der Waals surface area contributed by atoms with Gasteiger partial charge in [0.25, 0.3) is 0 Å². The minimum absolute atomic E-state index is 0.0558. The number of nitrogens with one attached hydrogen (secondary N) is 1. The summed E-state index contributed by atoms with van der Waals surface area (Å²) in [5.41, 5.74) is 1.57. The normalized spacial score (nSPS) is 16.8. The van der Waals surface area contributed by atoms with Gasteiger partial charge < -0.3 is 10.1 Å². The van der Waals surface area contributed by atoms with Gasteiger partial charge in [-0.2, -0.15) is 0 Å². The Morgan fingerprint density at radius 1 is 1.24 bits per heavy atom. The van der Waals surface area contributed by atoms with Crippen LogP contribution in [0.2, 0.25) is 5.02 Å². The van der Waals surface area contributed by atoms with E-state index < -0.39 is 6.04 Å². The van der Waals surface area contributed by atoms with Crippen molar-refractivity contribution < 1.29 is 14.3 Å². The minimum atomic E-state index is -0.511. The lowest BCUT2D eigenvalue weighted by atomic mass is 10.1. The van der Waals surface area contributed by atoms with Crippen LogP contribution < -0.4 is 15.0 Å². The number of para-hydroxylation sites is 1. The Hall–Kier alpha value is -2.53. The van der Waals surface area contributed by atoms with Gasteiger partial charge in [0.05, 0.1) is 7.11 Å². The van der Waals surface area contributed by atoms with E-state index in [1.54, 1.807) is 36.3 Å². The van der Waals surface area contributed by atoms with Gasteiger partial charge in [0.2, 0.25) is 11.8 Å². The predicted octanol–water partition coefficient (Wildman–Crippen LogP) is 3.16. The predicted molar refractivity (Wildman–Crippen MR) is 96.8 cm³/mol. The molecular weight excluding hydrogens is 340 g/mol. The number of amides is 2. The van der Waals surface area contributed by atoms with Crippen LogP contribution in [0.15, 0.2) is 48.5 Å². The maximum Gasteiger partial charge on any atom is 0.243 e. The molecule has 0 aliphatic carbocycles. The molecule has 1 aliphatic rings. The molecule has 0 saturated carbocycles. The summed E-state index contributed by atoms with van der Waals surface area (Å²) in [4.78, 5) is 26.4. The molecule has 1 saturated heterocycles. The molecule has 130 valence electrons. The lowest BCUT2D eigenvalue weighted by molar-refractivity contribution is -0.124. The smallest absolute Gasteiger partial charge is 0.243 e. The first-order valence-electron chi connectivity index (χ1n) is 8.07. The largest absolute Gasteiger partial charge is 0.496 e. The number of nitrogens with zero attached hydrogens (tertiary/aromatic N) is 1. The van der Waals surface area contributed by atoms with Crippen molar-refractivity contribution in [2.24, 2.45) is 0 Å². The van der Waals surface area contributed by atoms with E-state index in [9.17, 15) is 9.59 Å². The number of carbonyl (C=O) groups excluding carboxylic acids is 2. The first-order valence-corrected chi connectivity index (χ1v) is 8.45. The highest BCUT2D eigenvalue weighted by Crippen LogP contribution is 2.28. The summed E-state index contributed by atoms with van der Waals surface area (Å²) in [6, 6.07) is 13.9. The van der Waals surface area contributed by atoms with Crippen LogP contribution in [0.1, 0.15) is 18.4 Å². The third-order valence-electron chi connectivity index (χ3n) is 4.27. The molecule has 0 spiro atoms. The van der Waals surface area contributed by atoms with Crippen molar-refractivity contribution in [2.45, 2.75) is 25.4 Å². The van der Waals surface area contributed by atoms with E-state index >= 15 is 0 Å². The topological polar surface area (TPSA) is 58.6 Å². The van der Waals surface area contributed by atoms with E-state index in [1.807, 2.05) is 24.3 Å². The zero-order valence-corrected chi connectivity index (χ0v) is 14.6. The van der Waals surface area contributed by atoms with Crippen LogP contribution in [0.25, 0.3) is 0 Å². The second kappa shape index (κ2) is 7.57. The number of ether oxygens (including phenoxy) is 1. The maximum atomic E-state index is 12.6. The Kier molecular flexibility index (Phi) is 5.24. The summed E-state index contributed by atoms with van der Waals surface area (Å²) < 4.78 is 5.29. The van der Waals surface area contributed by atoms with Crippen LogP contribution in [0.3, 0.4) is 0 Å². The first-order chi connectivity index (χ1) is 12.1. The third-order valence-corrected chi connectivity index (χ3v) is 4.52. The van der Waals surface area contributed by atoms with Gasteiger partial charge in [0, 0.05) is 29.2 Å². The fourth-order valence-corrected chi connectivity index (χ4v) is 3.13. The SMILES string of the molecule is COc1ccccc1CNC(=O)C1CCC(=O)N1c1ccc(Cl)cc1. The highest BCUT2D eigenvalue weighted by atomic mass is 35.5. The van der Waals surface area contributed by atoms with Crippen LogP contribution >= 0.6 is 11.6 Å². The number of carbonyl (C=O) groups is 2. The van der Waals surface area contributed by atoms with Crippen LogP contribution in [0.4, 0.5) is 5.69 Å². The fourth-order valence-electron chi connectivity index (χ4n) is 3.01. The summed E-state index contributed by atoms with van der Waals surface area (Å²) in [5, 5.41) is 3.50. The van der Waals surface area contributed by atoms with Crippen LogP contribution in [-0.4, -0.2) is 25.0 Å². The summed E-state index contributed by atoms with van der Waals surface area (Å²) in [6.45, 7) is 0.349. The molecule has 3 rings (SSSR count). The molecule has 0 aromatic heterocycles. The number of hydrogen-bond donors (Lipinski definition) is 1. The number of benzene rings is 2. The number of hydrogen-bond acceptors (Lipinski definition) is 3. The average Bonchev–Trinajstić information content (AvgIpc) is 3.02. The zero-order valence-electron chi connectivity index (χ0n) is 13.9. The van der Waals surface area contributed by atoms with E-state index in [2.05, 4.69) is 5.32 Å². The molecule has 25 heavy (non-hydrogen) atoms. The lowest BCUT2D eigenvalue weighted by Gasteiger charge is -2.24. The molecule has 0 radical (unpaired) electrons. The molecule has 6 heteroatoms. The number of methoxy groups -OCH3 is 1. The Balaban J connectivity index is 1.72. The van der Waals surface area contributed by atoms with E-state index in [4.69, 9.17) is 16.3 Å². The van der Waals surface area contributed by atoms with E-state index in [1.165, 1.54) is 0 Å². The van der Waals surface area contributed by atoms with Gasteiger partial charge in [-0.15, -0.1) is 0 Å². The monoisotopic (exact) mass is 358 g/mol. The van der Waals surface area contributed by atoms with Crippen molar-refractivity contribution in [2.75, 3.05) is 12.0 Å².